The minimum Gasteiger partial charge on any atom is -0.291 e. The molecule has 0 atom stereocenters. The molecular formula is C23H42N+. The van der Waals surface area contributed by atoms with Crippen LogP contribution in [0.2, 0.25) is 0 Å². The monoisotopic (exact) mass is 332 g/mol. The number of hydrogen-bond donors (Lipinski definition) is 0. The SMILES string of the molecule is CCCCCCCCCC[N+](CCC)(CCC)c1ccccc1C. The molecule has 0 aliphatic heterocycles. The molecule has 1 nitrogen and oxygen atoms in total. The fourth-order valence-corrected chi connectivity index (χ4v) is 4.20. The van der Waals surface area contributed by atoms with E-state index in [4.69, 9.17) is 0 Å². The Morgan fingerprint density at radius 1 is 0.625 bits per heavy atom. The van der Waals surface area contributed by atoms with Crippen LogP contribution in [0.15, 0.2) is 24.3 Å². The molecule has 0 saturated heterocycles. The van der Waals surface area contributed by atoms with Crippen LogP contribution in [0.3, 0.4) is 0 Å². The zero-order valence-electron chi connectivity index (χ0n) is 16.9. The van der Waals surface area contributed by atoms with Crippen LogP contribution in [0.1, 0.15) is 90.5 Å². The number of para-hydroxylation sites is 1. The third-order valence-corrected chi connectivity index (χ3v) is 5.37. The van der Waals surface area contributed by atoms with E-state index >= 15 is 0 Å². The van der Waals surface area contributed by atoms with Crippen molar-refractivity contribution in [2.45, 2.75) is 91.9 Å². The number of rotatable bonds is 14. The van der Waals surface area contributed by atoms with Gasteiger partial charge in [0.05, 0.1) is 19.6 Å². The van der Waals surface area contributed by atoms with Gasteiger partial charge in [0.25, 0.3) is 0 Å². The van der Waals surface area contributed by atoms with Crippen molar-refractivity contribution < 1.29 is 0 Å². The molecule has 0 spiro atoms. The molecule has 0 amide bonds. The van der Waals surface area contributed by atoms with Crippen LogP contribution in [0.5, 0.6) is 0 Å². The van der Waals surface area contributed by atoms with Gasteiger partial charge in [-0.2, -0.15) is 0 Å². The van der Waals surface area contributed by atoms with Crippen molar-refractivity contribution in [1.82, 2.24) is 4.48 Å². The highest BCUT2D eigenvalue weighted by Gasteiger charge is 2.29. The molecule has 0 unspecified atom stereocenters. The average Bonchev–Trinajstić information content (AvgIpc) is 2.58. The van der Waals surface area contributed by atoms with Gasteiger partial charge < -0.3 is 0 Å². The van der Waals surface area contributed by atoms with Crippen molar-refractivity contribution in [3.63, 3.8) is 0 Å². The van der Waals surface area contributed by atoms with Crippen LogP contribution in [-0.2, 0) is 0 Å². The summed E-state index contributed by atoms with van der Waals surface area (Å²) >= 11 is 0. The van der Waals surface area contributed by atoms with E-state index in [0.717, 1.165) is 0 Å². The van der Waals surface area contributed by atoms with E-state index in [-0.39, 0.29) is 0 Å². The first kappa shape index (κ1) is 21.2. The Kier molecular flexibility index (Phi) is 11.1. The van der Waals surface area contributed by atoms with Crippen molar-refractivity contribution in [3.05, 3.63) is 29.8 Å². The summed E-state index contributed by atoms with van der Waals surface area (Å²) in [5.41, 5.74) is 3.04. The number of hydrogen-bond acceptors (Lipinski definition) is 0. The second kappa shape index (κ2) is 12.5. The predicted octanol–water partition coefficient (Wildman–Crippen LogP) is 7.26. The smallest absolute Gasteiger partial charge is 0.135 e. The van der Waals surface area contributed by atoms with E-state index in [1.54, 1.807) is 5.69 Å². The maximum atomic E-state index is 2.38. The molecule has 0 aromatic heterocycles. The Hall–Kier alpha value is -0.820. The van der Waals surface area contributed by atoms with E-state index in [1.807, 2.05) is 0 Å². The van der Waals surface area contributed by atoms with Gasteiger partial charge in [-0.05, 0) is 38.7 Å². The maximum absolute atomic E-state index is 2.38. The minimum absolute atomic E-state index is 1.20. The van der Waals surface area contributed by atoms with Crippen LogP contribution < -0.4 is 4.48 Å². The van der Waals surface area contributed by atoms with E-state index < -0.39 is 0 Å². The molecule has 0 heterocycles. The molecule has 0 N–H and O–H groups in total. The highest BCUT2D eigenvalue weighted by atomic mass is 15.4. The summed E-state index contributed by atoms with van der Waals surface area (Å²) in [5.74, 6) is 0. The fourth-order valence-electron chi connectivity index (χ4n) is 4.20. The predicted molar refractivity (Wildman–Crippen MR) is 111 cm³/mol. The molecule has 138 valence electrons. The molecule has 0 aliphatic rings. The number of benzene rings is 1. The molecule has 24 heavy (non-hydrogen) atoms. The summed E-state index contributed by atoms with van der Waals surface area (Å²) < 4.78 is 1.20. The zero-order chi connectivity index (χ0) is 17.7. The molecule has 0 radical (unpaired) electrons. The van der Waals surface area contributed by atoms with Crippen molar-refractivity contribution in [3.8, 4) is 0 Å². The Balaban J connectivity index is 2.58. The summed E-state index contributed by atoms with van der Waals surface area (Å²) in [5, 5.41) is 0. The lowest BCUT2D eigenvalue weighted by Crippen LogP contribution is -2.51. The Morgan fingerprint density at radius 3 is 1.71 bits per heavy atom. The van der Waals surface area contributed by atoms with Crippen LogP contribution in [-0.4, -0.2) is 19.6 Å². The lowest BCUT2D eigenvalue weighted by atomic mass is 10.1. The third-order valence-electron chi connectivity index (χ3n) is 5.37. The largest absolute Gasteiger partial charge is 0.291 e. The van der Waals surface area contributed by atoms with Gasteiger partial charge in [0.2, 0.25) is 0 Å². The Morgan fingerprint density at radius 2 is 1.17 bits per heavy atom. The summed E-state index contributed by atoms with van der Waals surface area (Å²) in [6.45, 7) is 13.2. The maximum Gasteiger partial charge on any atom is 0.135 e. The summed E-state index contributed by atoms with van der Waals surface area (Å²) in [7, 11) is 0. The molecule has 1 aromatic rings. The number of aryl methyl sites for hydroxylation is 1. The van der Waals surface area contributed by atoms with Crippen LogP contribution >= 0.6 is 0 Å². The molecule has 1 aromatic carbocycles. The number of quaternary nitrogens is 1. The second-order valence-corrected chi connectivity index (χ2v) is 7.58. The standard InChI is InChI=1S/C23H42N/c1-5-8-9-10-11-12-13-16-21-24(19-6-2,20-7-3)23-18-15-14-17-22(23)4/h14-15,17-18H,5-13,16,19-21H2,1-4H3/q+1. The van der Waals surface area contributed by atoms with Gasteiger partial charge in [0.15, 0.2) is 0 Å². The number of nitrogens with zero attached hydrogens (tertiary/aromatic N) is 1. The van der Waals surface area contributed by atoms with E-state index in [0.29, 0.717) is 0 Å². The first-order valence-corrected chi connectivity index (χ1v) is 10.6. The number of unbranched alkanes of at least 4 members (excludes halogenated alkanes) is 7. The van der Waals surface area contributed by atoms with Gasteiger partial charge in [0, 0.05) is 5.56 Å². The highest BCUT2D eigenvalue weighted by Crippen LogP contribution is 2.29. The molecule has 1 rings (SSSR count). The first-order valence-electron chi connectivity index (χ1n) is 10.6. The van der Waals surface area contributed by atoms with Gasteiger partial charge in [-0.15, -0.1) is 0 Å². The summed E-state index contributed by atoms with van der Waals surface area (Å²) in [6, 6.07) is 9.09. The lowest BCUT2D eigenvalue weighted by Gasteiger charge is -2.39. The lowest BCUT2D eigenvalue weighted by molar-refractivity contribution is 0.264. The van der Waals surface area contributed by atoms with Gasteiger partial charge >= 0.3 is 0 Å². The van der Waals surface area contributed by atoms with Crippen LogP contribution in [0.25, 0.3) is 0 Å². The molecule has 0 bridgehead atoms. The Labute approximate surface area is 152 Å². The summed E-state index contributed by atoms with van der Waals surface area (Å²) in [4.78, 5) is 0. The Bertz CT molecular complexity index is 418. The zero-order valence-corrected chi connectivity index (χ0v) is 16.9. The normalized spacial score (nSPS) is 11.8. The fraction of sp³-hybridized carbons (Fsp3) is 0.739. The summed E-state index contributed by atoms with van der Waals surface area (Å²) in [6.07, 6.45) is 13.8. The van der Waals surface area contributed by atoms with Gasteiger partial charge in [-0.3, -0.25) is 4.48 Å². The molecular weight excluding hydrogens is 290 g/mol. The molecule has 0 aliphatic carbocycles. The van der Waals surface area contributed by atoms with E-state index in [2.05, 4.69) is 52.0 Å². The van der Waals surface area contributed by atoms with Gasteiger partial charge in [-0.25, -0.2) is 0 Å². The minimum atomic E-state index is 1.20. The van der Waals surface area contributed by atoms with Crippen LogP contribution in [0, 0.1) is 6.92 Å². The van der Waals surface area contributed by atoms with Crippen molar-refractivity contribution in [2.75, 3.05) is 19.6 Å². The van der Waals surface area contributed by atoms with E-state index in [9.17, 15) is 0 Å². The van der Waals surface area contributed by atoms with Gasteiger partial charge in [0.1, 0.15) is 5.69 Å². The average molecular weight is 333 g/mol. The molecule has 0 fully saturated rings. The van der Waals surface area contributed by atoms with Crippen molar-refractivity contribution >= 4 is 5.69 Å². The topological polar surface area (TPSA) is 0 Å². The quantitative estimate of drug-likeness (QED) is 0.248. The van der Waals surface area contributed by atoms with Gasteiger partial charge in [-0.1, -0.05) is 77.5 Å². The van der Waals surface area contributed by atoms with Crippen molar-refractivity contribution in [1.29, 1.82) is 0 Å². The van der Waals surface area contributed by atoms with Crippen LogP contribution in [0.4, 0.5) is 5.69 Å². The first-order chi connectivity index (χ1) is 11.7. The molecule has 1 heteroatoms. The van der Waals surface area contributed by atoms with E-state index in [1.165, 1.54) is 93.9 Å². The molecule has 0 saturated carbocycles. The van der Waals surface area contributed by atoms with Crippen molar-refractivity contribution in [2.24, 2.45) is 0 Å². The second-order valence-electron chi connectivity index (χ2n) is 7.58. The highest BCUT2D eigenvalue weighted by molar-refractivity contribution is 5.49. The third kappa shape index (κ3) is 6.97.